The second kappa shape index (κ2) is 8.92. The van der Waals surface area contributed by atoms with Gasteiger partial charge in [-0.05, 0) is 35.7 Å². The van der Waals surface area contributed by atoms with E-state index in [1.165, 1.54) is 28.2 Å². The van der Waals surface area contributed by atoms with E-state index in [1.807, 2.05) is 41.8 Å². The molecule has 33 heavy (non-hydrogen) atoms. The Kier molecular flexibility index (Phi) is 5.82. The quantitative estimate of drug-likeness (QED) is 0.408. The molecular formula is C24H23N5O2S2. The lowest BCUT2D eigenvalue weighted by molar-refractivity contribution is -0.117. The maximum Gasteiger partial charge on any atom is 0.323 e. The fourth-order valence-electron chi connectivity index (χ4n) is 3.71. The van der Waals surface area contributed by atoms with E-state index in [4.69, 9.17) is 4.98 Å². The summed E-state index contributed by atoms with van der Waals surface area (Å²) in [4.78, 5) is 38.1. The lowest BCUT2D eigenvalue weighted by atomic mass is 10.0. The monoisotopic (exact) mass is 477 g/mol. The van der Waals surface area contributed by atoms with Crippen LogP contribution in [0.5, 0.6) is 0 Å². The van der Waals surface area contributed by atoms with Gasteiger partial charge >= 0.3 is 6.03 Å². The van der Waals surface area contributed by atoms with E-state index < -0.39 is 0 Å². The summed E-state index contributed by atoms with van der Waals surface area (Å²) in [5, 5.41) is 5.86. The minimum absolute atomic E-state index is 0.117. The average molecular weight is 478 g/mol. The maximum absolute atomic E-state index is 13.6. The lowest BCUT2D eigenvalue weighted by Gasteiger charge is -2.20. The molecule has 3 amide bonds. The fourth-order valence-corrected chi connectivity index (χ4v) is 5.57. The Labute approximate surface area is 199 Å². The number of rotatable bonds is 6. The van der Waals surface area contributed by atoms with Crippen LogP contribution in [0.4, 0.5) is 20.7 Å². The zero-order chi connectivity index (χ0) is 22.9. The van der Waals surface area contributed by atoms with Crippen LogP contribution in [0.25, 0.3) is 10.2 Å². The number of urea groups is 1. The highest BCUT2D eigenvalue weighted by atomic mass is 32.1. The van der Waals surface area contributed by atoms with Crippen LogP contribution in [0.15, 0.2) is 53.9 Å². The van der Waals surface area contributed by atoms with Gasteiger partial charge in [0, 0.05) is 18.5 Å². The first-order valence-corrected chi connectivity index (χ1v) is 12.5. The predicted octanol–water partition coefficient (Wildman–Crippen LogP) is 5.31. The molecular weight excluding hydrogens is 454 g/mol. The van der Waals surface area contributed by atoms with Crippen molar-refractivity contribution >= 4 is 60.8 Å². The lowest BCUT2D eigenvalue weighted by Crippen LogP contribution is -2.28. The van der Waals surface area contributed by atoms with E-state index in [9.17, 15) is 9.59 Å². The number of anilines is 3. The van der Waals surface area contributed by atoms with E-state index in [-0.39, 0.29) is 18.4 Å². The number of thiazole rings is 2. The van der Waals surface area contributed by atoms with E-state index in [2.05, 4.69) is 36.3 Å². The van der Waals surface area contributed by atoms with Crippen LogP contribution < -0.4 is 15.1 Å². The molecule has 0 atom stereocenters. The molecule has 9 heteroatoms. The maximum atomic E-state index is 13.6. The number of amides is 3. The van der Waals surface area contributed by atoms with Crippen molar-refractivity contribution in [3.63, 3.8) is 0 Å². The van der Waals surface area contributed by atoms with Gasteiger partial charge in [-0.25, -0.2) is 14.8 Å². The predicted molar refractivity (Wildman–Crippen MR) is 134 cm³/mol. The Morgan fingerprint density at radius 3 is 2.64 bits per heavy atom. The van der Waals surface area contributed by atoms with Crippen molar-refractivity contribution in [3.8, 4) is 0 Å². The third kappa shape index (κ3) is 4.34. The number of benzene rings is 2. The molecule has 168 valence electrons. The number of carbonyl (C=O) groups is 2. The highest BCUT2D eigenvalue weighted by Crippen LogP contribution is 2.35. The normalized spacial score (nSPS) is 13.7. The smallest absolute Gasteiger partial charge is 0.323 e. The Morgan fingerprint density at radius 2 is 1.94 bits per heavy atom. The summed E-state index contributed by atoms with van der Waals surface area (Å²) >= 11 is 2.87. The van der Waals surface area contributed by atoms with Gasteiger partial charge < -0.3 is 5.32 Å². The van der Waals surface area contributed by atoms with Gasteiger partial charge in [-0.3, -0.25) is 14.6 Å². The van der Waals surface area contributed by atoms with Crippen LogP contribution in [0, 0.1) is 0 Å². The number of para-hydroxylation sites is 1. The molecule has 1 aliphatic rings. The van der Waals surface area contributed by atoms with Crippen molar-refractivity contribution in [2.75, 3.05) is 22.9 Å². The van der Waals surface area contributed by atoms with Crippen molar-refractivity contribution in [1.82, 2.24) is 15.3 Å². The topological polar surface area (TPSA) is 78.4 Å². The van der Waals surface area contributed by atoms with Gasteiger partial charge in [-0.1, -0.05) is 49.4 Å². The molecule has 1 aliphatic heterocycles. The van der Waals surface area contributed by atoms with Crippen LogP contribution in [0.2, 0.25) is 0 Å². The van der Waals surface area contributed by atoms with Gasteiger partial charge in [-0.2, -0.15) is 0 Å². The molecule has 0 aliphatic carbocycles. The summed E-state index contributed by atoms with van der Waals surface area (Å²) < 4.78 is 1.03. The molecule has 1 N–H and O–H groups in total. The Balaban J connectivity index is 1.46. The molecule has 4 aromatic rings. The molecule has 7 nitrogen and oxygen atoms in total. The number of nitrogens with zero attached hydrogens (tertiary/aromatic N) is 4. The number of carbonyl (C=O) groups excluding carboxylic acids is 2. The number of nitrogens with one attached hydrogen (secondary N) is 1. The second-order valence-electron chi connectivity index (χ2n) is 8.12. The third-order valence-electron chi connectivity index (χ3n) is 5.50. The van der Waals surface area contributed by atoms with Crippen LogP contribution in [0.1, 0.15) is 31.0 Å². The van der Waals surface area contributed by atoms with E-state index in [1.54, 1.807) is 9.80 Å². The minimum atomic E-state index is -0.149. The first-order chi connectivity index (χ1) is 16.0. The Bertz CT molecular complexity index is 1280. The van der Waals surface area contributed by atoms with E-state index in [0.717, 1.165) is 15.9 Å². The van der Waals surface area contributed by atoms with E-state index in [0.29, 0.717) is 35.0 Å². The van der Waals surface area contributed by atoms with Crippen molar-refractivity contribution in [3.05, 3.63) is 65.2 Å². The van der Waals surface area contributed by atoms with Crippen molar-refractivity contribution < 1.29 is 9.59 Å². The Hall–Kier alpha value is -3.30. The van der Waals surface area contributed by atoms with Crippen molar-refractivity contribution in [2.24, 2.45) is 0 Å². The van der Waals surface area contributed by atoms with Crippen LogP contribution in [-0.2, 0) is 11.2 Å². The zero-order valence-corrected chi connectivity index (χ0v) is 19.9. The fraction of sp³-hybridized carbons (Fsp3) is 0.250. The van der Waals surface area contributed by atoms with Crippen LogP contribution in [0.3, 0.4) is 0 Å². The zero-order valence-electron chi connectivity index (χ0n) is 18.3. The van der Waals surface area contributed by atoms with E-state index >= 15 is 0 Å². The molecule has 0 bridgehead atoms. The standard InChI is InChI=1S/C24H23N5O2S2/c1-15(2)16-7-9-18(10-8-16)29(24-27-19-5-3-4-6-20(19)33-24)21(30)13-17-14-32-23(26-17)28-12-11-25-22(28)31/h3-10,14-15H,11-13H2,1-2H3,(H,25,31). The molecule has 2 aromatic heterocycles. The first kappa shape index (κ1) is 21.5. The SMILES string of the molecule is CC(C)c1ccc(N(C(=O)Cc2csc(N3CCNC3=O)n2)c2nc3ccccc3s2)cc1. The average Bonchev–Trinajstić information content (AvgIpc) is 3.53. The van der Waals surface area contributed by atoms with Gasteiger partial charge in [0.25, 0.3) is 0 Å². The van der Waals surface area contributed by atoms with Crippen LogP contribution >= 0.6 is 22.7 Å². The molecule has 0 unspecified atom stereocenters. The third-order valence-corrected chi connectivity index (χ3v) is 7.43. The van der Waals surface area contributed by atoms with Gasteiger partial charge in [-0.15, -0.1) is 11.3 Å². The summed E-state index contributed by atoms with van der Waals surface area (Å²) in [6, 6.07) is 15.8. The molecule has 2 aromatic carbocycles. The highest BCUT2D eigenvalue weighted by Gasteiger charge is 2.26. The van der Waals surface area contributed by atoms with Crippen molar-refractivity contribution in [1.29, 1.82) is 0 Å². The summed E-state index contributed by atoms with van der Waals surface area (Å²) in [6.07, 6.45) is 0.119. The largest absolute Gasteiger partial charge is 0.336 e. The molecule has 1 fully saturated rings. The van der Waals surface area contributed by atoms with Crippen molar-refractivity contribution in [2.45, 2.75) is 26.2 Å². The summed E-state index contributed by atoms with van der Waals surface area (Å²) in [5.74, 6) is 0.288. The molecule has 0 spiro atoms. The number of aromatic nitrogens is 2. The van der Waals surface area contributed by atoms with Gasteiger partial charge in [0.2, 0.25) is 5.91 Å². The number of hydrogen-bond donors (Lipinski definition) is 1. The number of hydrogen-bond acceptors (Lipinski definition) is 6. The Morgan fingerprint density at radius 1 is 1.15 bits per heavy atom. The molecule has 0 saturated carbocycles. The summed E-state index contributed by atoms with van der Waals surface area (Å²) in [5.41, 5.74) is 3.50. The number of fused-ring (bicyclic) bond motifs is 1. The molecule has 1 saturated heterocycles. The summed E-state index contributed by atoms with van der Waals surface area (Å²) in [7, 11) is 0. The molecule has 0 radical (unpaired) electrons. The minimum Gasteiger partial charge on any atom is -0.336 e. The van der Waals surface area contributed by atoms with Gasteiger partial charge in [0.1, 0.15) is 0 Å². The highest BCUT2D eigenvalue weighted by molar-refractivity contribution is 7.22. The van der Waals surface area contributed by atoms with Gasteiger partial charge in [0.15, 0.2) is 10.3 Å². The second-order valence-corrected chi connectivity index (χ2v) is 9.97. The first-order valence-electron chi connectivity index (χ1n) is 10.8. The molecule has 5 rings (SSSR count). The van der Waals surface area contributed by atoms with Crippen LogP contribution in [-0.4, -0.2) is 35.0 Å². The van der Waals surface area contributed by atoms with Gasteiger partial charge in [0.05, 0.1) is 28.0 Å². The summed E-state index contributed by atoms with van der Waals surface area (Å²) in [6.45, 7) is 5.47. The molecule has 3 heterocycles.